The Bertz CT molecular complexity index is 1380. The van der Waals surface area contributed by atoms with Crippen LogP contribution in [0.2, 0.25) is 0 Å². The van der Waals surface area contributed by atoms with Crippen LogP contribution in [0.3, 0.4) is 0 Å². The number of fused-ring (bicyclic) bond motifs is 3. The predicted octanol–water partition coefficient (Wildman–Crippen LogP) is 2.65. The van der Waals surface area contributed by atoms with E-state index >= 15 is 0 Å². The third kappa shape index (κ3) is 3.13. The first-order chi connectivity index (χ1) is 17.3. The number of hydrogen-bond acceptors (Lipinski definition) is 8. The highest BCUT2D eigenvalue weighted by atomic mass is 16.5. The highest BCUT2D eigenvalue weighted by Crippen LogP contribution is 2.69. The Labute approximate surface area is 209 Å². The molecule has 0 spiro atoms. The van der Waals surface area contributed by atoms with Gasteiger partial charge in [-0.1, -0.05) is 42.5 Å². The summed E-state index contributed by atoms with van der Waals surface area (Å²) in [6, 6.07) is 22.1. The molecule has 1 aliphatic heterocycles. The normalized spacial score (nSPS) is 28.1. The van der Waals surface area contributed by atoms with E-state index in [1.807, 2.05) is 55.4 Å². The molecule has 1 aromatic heterocycles. The molecule has 8 heteroatoms. The van der Waals surface area contributed by atoms with E-state index in [4.69, 9.17) is 9.47 Å². The van der Waals surface area contributed by atoms with E-state index in [0.717, 1.165) is 5.56 Å². The van der Waals surface area contributed by atoms with Gasteiger partial charge in [0.25, 0.3) is 0 Å². The van der Waals surface area contributed by atoms with E-state index in [1.54, 1.807) is 24.3 Å². The summed E-state index contributed by atoms with van der Waals surface area (Å²) in [4.78, 5) is 6.24. The number of methoxy groups -OCH3 is 1. The highest BCUT2D eigenvalue weighted by molar-refractivity contribution is 5.60. The Morgan fingerprint density at radius 2 is 1.78 bits per heavy atom. The minimum atomic E-state index is -1.97. The van der Waals surface area contributed by atoms with Crippen molar-refractivity contribution >= 4 is 0 Å². The second-order valence-electron chi connectivity index (χ2n) is 9.55. The smallest absolute Gasteiger partial charge is 0.224 e. The largest absolute Gasteiger partial charge is 0.481 e. The first kappa shape index (κ1) is 23.8. The van der Waals surface area contributed by atoms with E-state index in [9.17, 15) is 20.7 Å². The lowest BCUT2D eigenvalue weighted by Crippen LogP contribution is -2.52. The maximum absolute atomic E-state index is 12.7. The van der Waals surface area contributed by atoms with Crippen LogP contribution in [-0.4, -0.2) is 54.0 Å². The zero-order chi connectivity index (χ0) is 25.7. The quantitative estimate of drug-likeness (QED) is 0.569. The van der Waals surface area contributed by atoms with Crippen LogP contribution in [0.5, 0.6) is 11.6 Å². The van der Waals surface area contributed by atoms with Crippen molar-refractivity contribution in [3.63, 3.8) is 0 Å². The Hall–Kier alpha value is -3.95. The number of nitrogens with zero attached hydrogens (tertiary/aromatic N) is 4. The molecular weight excluding hydrogens is 456 g/mol. The van der Waals surface area contributed by atoms with Crippen molar-refractivity contribution in [2.45, 2.75) is 23.2 Å². The lowest BCUT2D eigenvalue weighted by molar-refractivity contribution is -0.152. The summed E-state index contributed by atoms with van der Waals surface area (Å²) >= 11 is 0. The standard InChI is InChI=1S/C28H26N4O4/c1-32(2)16-21-23(18-7-5-4-6-8-18)28(19-11-9-17(14-29)10-12-19)27(34,25(21)33)24-22(36-28)13-20(15-30)31-26(24)35-3/h4-13,21,23,25,33-34H,16H2,1-3H3/t21-,23-,25-,27+,28+/m1/s1. The molecule has 5 rings (SSSR count). The second kappa shape index (κ2) is 8.61. The zero-order valence-corrected chi connectivity index (χ0v) is 20.2. The van der Waals surface area contributed by atoms with Crippen LogP contribution in [0, 0.1) is 28.6 Å². The van der Waals surface area contributed by atoms with Gasteiger partial charge in [-0.05, 0) is 37.4 Å². The topological polar surface area (TPSA) is 123 Å². The zero-order valence-electron chi connectivity index (χ0n) is 20.2. The second-order valence-corrected chi connectivity index (χ2v) is 9.55. The number of nitriles is 2. The van der Waals surface area contributed by atoms with Crippen molar-refractivity contribution in [1.82, 2.24) is 9.88 Å². The fraction of sp³-hybridized carbons (Fsp3) is 0.321. The molecule has 0 saturated heterocycles. The predicted molar refractivity (Wildman–Crippen MR) is 130 cm³/mol. The number of pyridine rings is 1. The highest BCUT2D eigenvalue weighted by Gasteiger charge is 2.76. The molecule has 2 heterocycles. The molecular formula is C28H26N4O4. The van der Waals surface area contributed by atoms with Crippen LogP contribution >= 0.6 is 0 Å². The number of hydrogen-bond donors (Lipinski definition) is 2. The van der Waals surface area contributed by atoms with Crippen LogP contribution in [-0.2, 0) is 11.2 Å². The summed E-state index contributed by atoms with van der Waals surface area (Å²) < 4.78 is 12.3. The van der Waals surface area contributed by atoms with Gasteiger partial charge in [-0.15, -0.1) is 0 Å². The third-order valence-electron chi connectivity index (χ3n) is 7.35. The van der Waals surface area contributed by atoms with Crippen LogP contribution < -0.4 is 9.47 Å². The minimum absolute atomic E-state index is 0.0263. The van der Waals surface area contributed by atoms with Crippen LogP contribution in [0.1, 0.15) is 33.9 Å². The average Bonchev–Trinajstić information content (AvgIpc) is 3.26. The van der Waals surface area contributed by atoms with Crippen LogP contribution in [0.15, 0.2) is 60.7 Å². The lowest BCUT2D eigenvalue weighted by Gasteiger charge is -2.41. The third-order valence-corrected chi connectivity index (χ3v) is 7.35. The molecule has 2 N–H and O–H groups in total. The minimum Gasteiger partial charge on any atom is -0.481 e. The monoisotopic (exact) mass is 482 g/mol. The number of rotatable bonds is 5. The van der Waals surface area contributed by atoms with Crippen molar-refractivity contribution in [2.75, 3.05) is 27.7 Å². The molecule has 1 fully saturated rings. The number of ether oxygens (including phenoxy) is 2. The summed E-state index contributed by atoms with van der Waals surface area (Å²) in [5.41, 5.74) is -1.25. The summed E-state index contributed by atoms with van der Waals surface area (Å²) in [7, 11) is 5.23. The molecule has 36 heavy (non-hydrogen) atoms. The van der Waals surface area contributed by atoms with Crippen LogP contribution in [0.4, 0.5) is 0 Å². The first-order valence-electron chi connectivity index (χ1n) is 11.6. The Kier molecular flexibility index (Phi) is 5.69. The molecule has 5 atom stereocenters. The van der Waals surface area contributed by atoms with Crippen molar-refractivity contribution in [3.05, 3.63) is 88.6 Å². The van der Waals surface area contributed by atoms with Gasteiger partial charge >= 0.3 is 0 Å². The Balaban J connectivity index is 1.87. The lowest BCUT2D eigenvalue weighted by atomic mass is 9.70. The molecule has 182 valence electrons. The molecule has 0 radical (unpaired) electrons. The Morgan fingerprint density at radius 1 is 1.08 bits per heavy atom. The maximum Gasteiger partial charge on any atom is 0.224 e. The molecule has 2 aromatic carbocycles. The van der Waals surface area contributed by atoms with Crippen molar-refractivity contribution in [2.24, 2.45) is 5.92 Å². The summed E-state index contributed by atoms with van der Waals surface area (Å²) in [5, 5.41) is 43.6. The molecule has 8 nitrogen and oxygen atoms in total. The van der Waals surface area contributed by atoms with Gasteiger partial charge in [0.15, 0.2) is 11.2 Å². The molecule has 0 unspecified atom stereocenters. The van der Waals surface area contributed by atoms with Gasteiger partial charge in [0.1, 0.15) is 17.5 Å². The number of aliphatic hydroxyl groups excluding tert-OH is 1. The summed E-state index contributed by atoms with van der Waals surface area (Å²) in [5.74, 6) is -0.694. The molecule has 1 saturated carbocycles. The van der Waals surface area contributed by atoms with Gasteiger partial charge in [0.05, 0.1) is 30.4 Å². The van der Waals surface area contributed by atoms with Gasteiger partial charge in [-0.2, -0.15) is 10.5 Å². The van der Waals surface area contributed by atoms with Gasteiger partial charge in [0, 0.05) is 24.4 Å². The maximum atomic E-state index is 12.7. The molecule has 0 bridgehead atoms. The van der Waals surface area contributed by atoms with Crippen molar-refractivity contribution in [3.8, 4) is 23.8 Å². The van der Waals surface area contributed by atoms with Crippen molar-refractivity contribution < 1.29 is 19.7 Å². The average molecular weight is 483 g/mol. The number of aliphatic hydroxyl groups is 2. The molecule has 0 amide bonds. The van der Waals surface area contributed by atoms with E-state index in [-0.39, 0.29) is 22.9 Å². The van der Waals surface area contributed by atoms with E-state index in [2.05, 4.69) is 11.1 Å². The van der Waals surface area contributed by atoms with Gasteiger partial charge < -0.3 is 24.6 Å². The number of benzene rings is 2. The fourth-order valence-electron chi connectivity index (χ4n) is 6.05. The van der Waals surface area contributed by atoms with Crippen molar-refractivity contribution in [1.29, 1.82) is 10.5 Å². The van der Waals surface area contributed by atoms with Gasteiger partial charge in [-0.3, -0.25) is 0 Å². The number of aromatic nitrogens is 1. The van der Waals surface area contributed by atoms with Crippen LogP contribution in [0.25, 0.3) is 0 Å². The van der Waals surface area contributed by atoms with E-state index in [1.165, 1.54) is 13.2 Å². The SMILES string of the molecule is COc1nc(C#N)cc2c1[C@]1(O)[C@H](O)[C@H](CN(C)C)[C@@H](c3ccccc3)[C@]1(c1ccc(C#N)cc1)O2. The fourth-order valence-corrected chi connectivity index (χ4v) is 6.05. The van der Waals surface area contributed by atoms with Gasteiger partial charge in [-0.25, -0.2) is 4.98 Å². The summed E-state index contributed by atoms with van der Waals surface area (Å²) in [6.45, 7) is 0.464. The molecule has 3 aromatic rings. The summed E-state index contributed by atoms with van der Waals surface area (Å²) in [6.07, 6.45) is -1.27. The van der Waals surface area contributed by atoms with E-state index in [0.29, 0.717) is 17.7 Å². The Morgan fingerprint density at radius 3 is 2.36 bits per heavy atom. The first-order valence-corrected chi connectivity index (χ1v) is 11.6. The van der Waals surface area contributed by atoms with E-state index < -0.39 is 29.1 Å². The van der Waals surface area contributed by atoms with Gasteiger partial charge in [0.2, 0.25) is 5.88 Å². The molecule has 2 aliphatic rings. The molecule has 1 aliphatic carbocycles.